The predicted molar refractivity (Wildman–Crippen MR) is 42.9 cm³/mol. The van der Waals surface area contributed by atoms with Gasteiger partial charge in [0, 0.05) is 5.56 Å². The van der Waals surface area contributed by atoms with Crippen LogP contribution in [0.15, 0.2) is 18.2 Å². The number of carbonyl (C=O) groups excluding carboxylic acids is 1. The van der Waals surface area contributed by atoms with Crippen molar-refractivity contribution in [2.75, 3.05) is 0 Å². The topological polar surface area (TPSA) is 81.4 Å². The molecule has 1 aromatic carbocycles. The summed E-state index contributed by atoms with van der Waals surface area (Å²) in [6.07, 6.45) is 0.645. The Morgan fingerprint density at radius 2 is 2.00 bits per heavy atom. The lowest BCUT2D eigenvalue weighted by atomic mass is 10.1. The molecular formula is C8H7NO3. The Bertz CT molecular complexity index is 333. The van der Waals surface area contributed by atoms with Crippen LogP contribution in [0.4, 0.5) is 0 Å². The maximum Gasteiger partial charge on any atom is 0.203 e. The fraction of sp³-hybridized carbons (Fsp3) is 0. The summed E-state index contributed by atoms with van der Waals surface area (Å²) >= 11 is 0. The summed E-state index contributed by atoms with van der Waals surface area (Å²) in [6.45, 7) is 0. The van der Waals surface area contributed by atoms with Gasteiger partial charge in [0.2, 0.25) is 5.78 Å². The SMILES string of the molecule is N=CC(=O)c1ccc(O)c(O)c1. The van der Waals surface area contributed by atoms with Crippen LogP contribution < -0.4 is 0 Å². The van der Waals surface area contributed by atoms with Crippen molar-refractivity contribution in [3.8, 4) is 11.5 Å². The third-order valence-corrected chi connectivity index (χ3v) is 1.39. The van der Waals surface area contributed by atoms with Crippen molar-refractivity contribution in [2.24, 2.45) is 0 Å². The quantitative estimate of drug-likeness (QED) is 0.346. The van der Waals surface area contributed by atoms with Crippen LogP contribution in [0.1, 0.15) is 10.4 Å². The van der Waals surface area contributed by atoms with E-state index in [4.69, 9.17) is 15.6 Å². The molecule has 0 heterocycles. The highest BCUT2D eigenvalue weighted by Gasteiger charge is 2.05. The van der Waals surface area contributed by atoms with Crippen molar-refractivity contribution in [3.05, 3.63) is 23.8 Å². The molecule has 0 aliphatic carbocycles. The van der Waals surface area contributed by atoms with Crippen LogP contribution in [0.2, 0.25) is 0 Å². The molecule has 1 rings (SSSR count). The number of rotatable bonds is 2. The summed E-state index contributed by atoms with van der Waals surface area (Å²) in [6, 6.07) is 3.65. The van der Waals surface area contributed by atoms with E-state index in [0.717, 1.165) is 6.07 Å². The number of nitrogens with one attached hydrogen (secondary N) is 1. The summed E-state index contributed by atoms with van der Waals surface area (Å²) < 4.78 is 0. The summed E-state index contributed by atoms with van der Waals surface area (Å²) in [5, 5.41) is 24.5. The predicted octanol–water partition coefficient (Wildman–Crippen LogP) is 0.930. The molecule has 0 spiro atoms. The molecule has 0 atom stereocenters. The number of aromatic hydroxyl groups is 2. The molecule has 4 heteroatoms. The zero-order valence-corrected chi connectivity index (χ0v) is 6.11. The van der Waals surface area contributed by atoms with Gasteiger partial charge < -0.3 is 15.6 Å². The van der Waals surface area contributed by atoms with Gasteiger partial charge in [-0.3, -0.25) is 4.79 Å². The van der Waals surface area contributed by atoms with E-state index in [1.807, 2.05) is 0 Å². The van der Waals surface area contributed by atoms with Crippen molar-refractivity contribution >= 4 is 12.0 Å². The standard InChI is InChI=1S/C8H7NO3/c9-4-8(12)5-1-2-6(10)7(11)3-5/h1-4,9-11H. The van der Waals surface area contributed by atoms with E-state index < -0.39 is 5.78 Å². The van der Waals surface area contributed by atoms with Gasteiger partial charge in [-0.15, -0.1) is 0 Å². The highest BCUT2D eigenvalue weighted by Crippen LogP contribution is 2.24. The Hall–Kier alpha value is -1.84. The number of phenolic OH excluding ortho intramolecular Hbond substituents is 2. The van der Waals surface area contributed by atoms with Crippen LogP contribution in [0.25, 0.3) is 0 Å². The van der Waals surface area contributed by atoms with Gasteiger partial charge >= 0.3 is 0 Å². The Kier molecular flexibility index (Phi) is 2.09. The first-order valence-corrected chi connectivity index (χ1v) is 3.22. The van der Waals surface area contributed by atoms with E-state index in [1.54, 1.807) is 0 Å². The molecule has 0 bridgehead atoms. The third kappa shape index (κ3) is 1.42. The molecule has 0 radical (unpaired) electrons. The van der Waals surface area contributed by atoms with E-state index in [-0.39, 0.29) is 17.1 Å². The van der Waals surface area contributed by atoms with E-state index in [0.29, 0.717) is 6.21 Å². The van der Waals surface area contributed by atoms with Crippen LogP contribution in [-0.2, 0) is 0 Å². The molecule has 1 aromatic rings. The number of phenols is 2. The summed E-state index contributed by atoms with van der Waals surface area (Å²) in [4.78, 5) is 10.8. The number of hydrogen-bond donors (Lipinski definition) is 3. The van der Waals surface area contributed by atoms with Gasteiger partial charge in [0.05, 0.1) is 6.21 Å². The molecule has 0 aliphatic heterocycles. The Labute approximate surface area is 68.6 Å². The molecule has 0 aromatic heterocycles. The van der Waals surface area contributed by atoms with Gasteiger partial charge in [0.15, 0.2) is 11.5 Å². The molecule has 4 nitrogen and oxygen atoms in total. The Morgan fingerprint density at radius 3 is 2.50 bits per heavy atom. The van der Waals surface area contributed by atoms with Crippen molar-refractivity contribution in [3.63, 3.8) is 0 Å². The van der Waals surface area contributed by atoms with E-state index in [2.05, 4.69) is 0 Å². The summed E-state index contributed by atoms with van der Waals surface area (Å²) in [7, 11) is 0. The molecule has 0 fully saturated rings. The number of Topliss-reactive ketones (excluding diaryl/α,β-unsaturated/α-hetero) is 1. The highest BCUT2D eigenvalue weighted by atomic mass is 16.3. The second-order valence-electron chi connectivity index (χ2n) is 2.21. The van der Waals surface area contributed by atoms with Crippen LogP contribution in [-0.4, -0.2) is 22.2 Å². The molecule has 0 amide bonds. The molecule has 3 N–H and O–H groups in total. The maximum atomic E-state index is 10.8. The van der Waals surface area contributed by atoms with Crippen molar-refractivity contribution in [1.82, 2.24) is 0 Å². The minimum Gasteiger partial charge on any atom is -0.504 e. The number of ketones is 1. The number of hydrogen-bond acceptors (Lipinski definition) is 4. The maximum absolute atomic E-state index is 10.8. The lowest BCUT2D eigenvalue weighted by Gasteiger charge is -1.98. The molecule has 12 heavy (non-hydrogen) atoms. The molecule has 0 unspecified atom stereocenters. The zero-order valence-electron chi connectivity index (χ0n) is 6.11. The first-order chi connectivity index (χ1) is 5.65. The van der Waals surface area contributed by atoms with E-state index in [1.165, 1.54) is 12.1 Å². The van der Waals surface area contributed by atoms with Crippen LogP contribution in [0.3, 0.4) is 0 Å². The zero-order chi connectivity index (χ0) is 9.14. The molecule has 62 valence electrons. The van der Waals surface area contributed by atoms with Gasteiger partial charge in [0.25, 0.3) is 0 Å². The number of benzene rings is 1. The average molecular weight is 165 g/mol. The molecule has 0 saturated heterocycles. The second kappa shape index (κ2) is 3.04. The van der Waals surface area contributed by atoms with Crippen molar-refractivity contribution in [1.29, 1.82) is 5.41 Å². The second-order valence-corrected chi connectivity index (χ2v) is 2.21. The molecular weight excluding hydrogens is 158 g/mol. The lowest BCUT2D eigenvalue weighted by Crippen LogP contribution is -1.98. The fourth-order valence-corrected chi connectivity index (χ4v) is 0.760. The monoisotopic (exact) mass is 165 g/mol. The van der Waals surface area contributed by atoms with Gasteiger partial charge in [-0.05, 0) is 18.2 Å². The minimum absolute atomic E-state index is 0.181. The van der Waals surface area contributed by atoms with Crippen molar-refractivity contribution in [2.45, 2.75) is 0 Å². The lowest BCUT2D eigenvalue weighted by molar-refractivity contribution is 0.107. The first-order valence-electron chi connectivity index (χ1n) is 3.22. The highest BCUT2D eigenvalue weighted by molar-refractivity contribution is 6.34. The largest absolute Gasteiger partial charge is 0.504 e. The normalized spacial score (nSPS) is 9.33. The Balaban J connectivity index is 3.13. The van der Waals surface area contributed by atoms with Gasteiger partial charge in [0.1, 0.15) is 0 Å². The third-order valence-electron chi connectivity index (χ3n) is 1.39. The van der Waals surface area contributed by atoms with Crippen LogP contribution in [0.5, 0.6) is 11.5 Å². The minimum atomic E-state index is -0.509. The van der Waals surface area contributed by atoms with Crippen LogP contribution >= 0.6 is 0 Å². The first kappa shape index (κ1) is 8.26. The Morgan fingerprint density at radius 1 is 1.33 bits per heavy atom. The van der Waals surface area contributed by atoms with Crippen molar-refractivity contribution < 1.29 is 15.0 Å². The average Bonchev–Trinajstić information content (AvgIpc) is 2.08. The van der Waals surface area contributed by atoms with Gasteiger partial charge in [-0.2, -0.15) is 0 Å². The summed E-state index contributed by atoms with van der Waals surface area (Å²) in [5.74, 6) is -1.15. The molecule has 0 saturated carbocycles. The van der Waals surface area contributed by atoms with E-state index >= 15 is 0 Å². The van der Waals surface area contributed by atoms with Gasteiger partial charge in [-0.25, -0.2) is 0 Å². The smallest absolute Gasteiger partial charge is 0.203 e. The van der Waals surface area contributed by atoms with E-state index in [9.17, 15) is 4.79 Å². The fourth-order valence-electron chi connectivity index (χ4n) is 0.760. The molecule has 0 aliphatic rings. The van der Waals surface area contributed by atoms with Crippen LogP contribution in [0, 0.1) is 5.41 Å². The summed E-state index contributed by atoms with van der Waals surface area (Å²) in [5.41, 5.74) is 0.181. The number of carbonyl (C=O) groups is 1. The van der Waals surface area contributed by atoms with Gasteiger partial charge in [-0.1, -0.05) is 0 Å².